The molecular weight excluding hydrogens is 253 g/mol. The van der Waals surface area contributed by atoms with E-state index in [4.69, 9.17) is 22.4 Å². The number of hydrogen-bond acceptors (Lipinski definition) is 3. The van der Waals surface area contributed by atoms with Crippen LogP contribution in [0.4, 0.5) is 4.39 Å². The summed E-state index contributed by atoms with van der Waals surface area (Å²) < 4.78 is 12.8. The van der Waals surface area contributed by atoms with Gasteiger partial charge in [-0.15, -0.1) is 0 Å². The third kappa shape index (κ3) is 4.00. The van der Waals surface area contributed by atoms with E-state index in [9.17, 15) is 9.18 Å². The fourth-order valence-corrected chi connectivity index (χ4v) is 2.14. The number of nitrogens with two attached hydrogens (primary N) is 1. The number of aliphatic carboxylic acids is 1. The normalized spacial score (nSPS) is 12.4. The second-order valence-electron chi connectivity index (χ2n) is 3.21. The Kier molecular flexibility index (Phi) is 5.05. The molecule has 1 atom stereocenters. The molecule has 1 aromatic rings. The highest BCUT2D eigenvalue weighted by atomic mass is 35.5. The van der Waals surface area contributed by atoms with Gasteiger partial charge >= 0.3 is 5.97 Å². The summed E-state index contributed by atoms with van der Waals surface area (Å²) in [6, 6.07) is 3.55. The zero-order chi connectivity index (χ0) is 12.1. The van der Waals surface area contributed by atoms with Crippen molar-refractivity contribution in [3.05, 3.63) is 34.6 Å². The van der Waals surface area contributed by atoms with E-state index < -0.39 is 17.8 Å². The molecule has 6 heteroatoms. The second kappa shape index (κ2) is 6.08. The summed E-state index contributed by atoms with van der Waals surface area (Å²) in [5.74, 6) is -0.618. The van der Waals surface area contributed by atoms with Gasteiger partial charge in [-0.05, 0) is 17.7 Å². The minimum atomic E-state index is -1.02. The van der Waals surface area contributed by atoms with Crippen molar-refractivity contribution in [3.8, 4) is 0 Å². The first-order valence-corrected chi connectivity index (χ1v) is 6.04. The fourth-order valence-electron chi connectivity index (χ4n) is 1.00. The minimum Gasteiger partial charge on any atom is -0.480 e. The Morgan fingerprint density at radius 1 is 1.62 bits per heavy atom. The molecule has 16 heavy (non-hydrogen) atoms. The van der Waals surface area contributed by atoms with Crippen molar-refractivity contribution in [2.75, 3.05) is 5.75 Å². The van der Waals surface area contributed by atoms with Gasteiger partial charge in [0.05, 0.1) is 5.02 Å². The topological polar surface area (TPSA) is 63.3 Å². The lowest BCUT2D eigenvalue weighted by Gasteiger charge is -2.06. The highest BCUT2D eigenvalue weighted by Crippen LogP contribution is 2.19. The number of carboxylic acids is 1. The summed E-state index contributed by atoms with van der Waals surface area (Å²) in [5, 5.41) is 8.62. The van der Waals surface area contributed by atoms with Crippen LogP contribution in [0, 0.1) is 5.82 Å². The SMILES string of the molecule is N[C@@H](CSCc1ccc(F)c(Cl)c1)C(=O)O. The van der Waals surface area contributed by atoms with Gasteiger partial charge in [-0.1, -0.05) is 17.7 Å². The largest absolute Gasteiger partial charge is 0.480 e. The molecular formula is C10H11ClFNO2S. The number of rotatable bonds is 5. The Bertz CT molecular complexity index is 389. The molecule has 0 aliphatic heterocycles. The van der Waals surface area contributed by atoms with E-state index in [1.54, 1.807) is 6.07 Å². The molecule has 0 bridgehead atoms. The molecule has 3 N–H and O–H groups in total. The Morgan fingerprint density at radius 2 is 2.31 bits per heavy atom. The molecule has 0 aliphatic carbocycles. The molecule has 0 amide bonds. The maximum atomic E-state index is 12.8. The van der Waals surface area contributed by atoms with Crippen LogP contribution in [0.15, 0.2) is 18.2 Å². The van der Waals surface area contributed by atoms with Crippen LogP contribution >= 0.6 is 23.4 Å². The van der Waals surface area contributed by atoms with Gasteiger partial charge < -0.3 is 10.8 Å². The molecule has 1 aromatic carbocycles. The predicted molar refractivity (Wildman–Crippen MR) is 63.2 cm³/mol. The van der Waals surface area contributed by atoms with E-state index in [1.165, 1.54) is 23.9 Å². The molecule has 0 saturated heterocycles. The number of carbonyl (C=O) groups is 1. The van der Waals surface area contributed by atoms with Crippen molar-refractivity contribution in [2.24, 2.45) is 5.73 Å². The smallest absolute Gasteiger partial charge is 0.321 e. The molecule has 0 heterocycles. The standard InChI is InChI=1S/C10H11ClFNO2S/c11-7-3-6(1-2-8(7)12)4-16-5-9(13)10(14)15/h1-3,9H,4-5,13H2,(H,14,15)/t9-/m0/s1. The number of benzene rings is 1. The molecule has 0 saturated carbocycles. The average Bonchev–Trinajstić information content (AvgIpc) is 2.23. The first-order chi connectivity index (χ1) is 7.50. The van der Waals surface area contributed by atoms with E-state index >= 15 is 0 Å². The van der Waals surface area contributed by atoms with Crippen LogP contribution in [-0.4, -0.2) is 22.9 Å². The van der Waals surface area contributed by atoms with Crippen molar-refractivity contribution >= 4 is 29.3 Å². The molecule has 0 radical (unpaired) electrons. The lowest BCUT2D eigenvalue weighted by atomic mass is 10.2. The third-order valence-electron chi connectivity index (χ3n) is 1.87. The first-order valence-electron chi connectivity index (χ1n) is 4.50. The quantitative estimate of drug-likeness (QED) is 0.854. The lowest BCUT2D eigenvalue weighted by Crippen LogP contribution is -2.32. The van der Waals surface area contributed by atoms with Crippen molar-refractivity contribution in [1.29, 1.82) is 0 Å². The second-order valence-corrected chi connectivity index (χ2v) is 4.65. The van der Waals surface area contributed by atoms with Gasteiger partial charge in [-0.3, -0.25) is 4.79 Å². The van der Waals surface area contributed by atoms with Crippen molar-refractivity contribution < 1.29 is 14.3 Å². The number of carboxylic acid groups (broad SMARTS) is 1. The Balaban J connectivity index is 2.43. The predicted octanol–water partition coefficient (Wildman–Crippen LogP) is 2.12. The molecule has 0 fully saturated rings. The van der Waals surface area contributed by atoms with Gasteiger partial charge in [-0.25, -0.2) is 4.39 Å². The number of halogens is 2. The van der Waals surface area contributed by atoms with Crippen LogP contribution in [-0.2, 0) is 10.5 Å². The zero-order valence-corrected chi connectivity index (χ0v) is 9.89. The van der Waals surface area contributed by atoms with E-state index in [-0.39, 0.29) is 5.02 Å². The monoisotopic (exact) mass is 263 g/mol. The van der Waals surface area contributed by atoms with Gasteiger partial charge in [0, 0.05) is 11.5 Å². The van der Waals surface area contributed by atoms with Crippen LogP contribution < -0.4 is 5.73 Å². The van der Waals surface area contributed by atoms with Crippen molar-refractivity contribution in [3.63, 3.8) is 0 Å². The van der Waals surface area contributed by atoms with Crippen LogP contribution in [0.1, 0.15) is 5.56 Å². The van der Waals surface area contributed by atoms with Gasteiger partial charge in [0.1, 0.15) is 11.9 Å². The van der Waals surface area contributed by atoms with Crippen LogP contribution in [0.25, 0.3) is 0 Å². The van der Waals surface area contributed by atoms with Crippen molar-refractivity contribution in [1.82, 2.24) is 0 Å². The number of thioether (sulfide) groups is 1. The molecule has 1 rings (SSSR count). The number of hydrogen-bond donors (Lipinski definition) is 2. The summed E-state index contributed by atoms with van der Waals surface area (Å²) >= 11 is 6.97. The van der Waals surface area contributed by atoms with E-state index in [0.717, 1.165) is 5.56 Å². The zero-order valence-electron chi connectivity index (χ0n) is 8.32. The van der Waals surface area contributed by atoms with Gasteiger partial charge in [-0.2, -0.15) is 11.8 Å². The molecule has 0 aromatic heterocycles. The van der Waals surface area contributed by atoms with Crippen LogP contribution in [0.3, 0.4) is 0 Å². The maximum Gasteiger partial charge on any atom is 0.321 e. The Labute approximate surface area is 102 Å². The summed E-state index contributed by atoms with van der Waals surface area (Å²) in [4.78, 5) is 10.4. The van der Waals surface area contributed by atoms with E-state index in [0.29, 0.717) is 11.5 Å². The molecule has 0 spiro atoms. The van der Waals surface area contributed by atoms with E-state index in [2.05, 4.69) is 0 Å². The summed E-state index contributed by atoms with van der Waals surface area (Å²) in [6.45, 7) is 0. The van der Waals surface area contributed by atoms with E-state index in [1.807, 2.05) is 0 Å². The average molecular weight is 264 g/mol. The highest BCUT2D eigenvalue weighted by molar-refractivity contribution is 7.98. The van der Waals surface area contributed by atoms with Gasteiger partial charge in [0.25, 0.3) is 0 Å². The van der Waals surface area contributed by atoms with Gasteiger partial charge in [0.2, 0.25) is 0 Å². The first kappa shape index (κ1) is 13.3. The summed E-state index contributed by atoms with van der Waals surface area (Å²) in [6.07, 6.45) is 0. The molecule has 0 unspecified atom stereocenters. The Morgan fingerprint density at radius 3 is 2.88 bits per heavy atom. The van der Waals surface area contributed by atoms with Gasteiger partial charge in [0.15, 0.2) is 0 Å². The Hall–Kier alpha value is -0.780. The third-order valence-corrected chi connectivity index (χ3v) is 3.29. The van der Waals surface area contributed by atoms with Crippen molar-refractivity contribution in [2.45, 2.75) is 11.8 Å². The minimum absolute atomic E-state index is 0.0700. The molecule has 88 valence electrons. The summed E-state index contributed by atoms with van der Waals surface area (Å²) in [5.41, 5.74) is 6.17. The molecule has 0 aliphatic rings. The highest BCUT2D eigenvalue weighted by Gasteiger charge is 2.11. The molecule has 3 nitrogen and oxygen atoms in total. The van der Waals surface area contributed by atoms with Crippen LogP contribution in [0.2, 0.25) is 5.02 Å². The summed E-state index contributed by atoms with van der Waals surface area (Å²) in [7, 11) is 0. The maximum absolute atomic E-state index is 12.8. The fraction of sp³-hybridized carbons (Fsp3) is 0.300. The van der Waals surface area contributed by atoms with Crippen LogP contribution in [0.5, 0.6) is 0 Å². The lowest BCUT2D eigenvalue weighted by molar-refractivity contribution is -0.137.